The number of ether oxygens (including phenoxy) is 1. The molecule has 4 rings (SSSR count). The fourth-order valence-electron chi connectivity index (χ4n) is 3.61. The van der Waals surface area contributed by atoms with Crippen molar-refractivity contribution in [1.82, 2.24) is 4.90 Å². The summed E-state index contributed by atoms with van der Waals surface area (Å²) in [5.41, 5.74) is 1.71. The van der Waals surface area contributed by atoms with Crippen molar-refractivity contribution in [2.24, 2.45) is 0 Å². The van der Waals surface area contributed by atoms with Crippen LogP contribution in [0.3, 0.4) is 0 Å². The van der Waals surface area contributed by atoms with E-state index in [0.717, 1.165) is 0 Å². The molecule has 2 aromatic rings. The molecule has 2 saturated heterocycles. The van der Waals surface area contributed by atoms with Gasteiger partial charge >= 0.3 is 6.03 Å². The van der Waals surface area contributed by atoms with E-state index in [4.69, 9.17) is 16.3 Å². The summed E-state index contributed by atoms with van der Waals surface area (Å²) in [6.45, 7) is 0.831. The van der Waals surface area contributed by atoms with Crippen LogP contribution in [0.25, 0.3) is 0 Å². The van der Waals surface area contributed by atoms with Gasteiger partial charge in [0.1, 0.15) is 12.6 Å². The van der Waals surface area contributed by atoms with Crippen molar-refractivity contribution >= 4 is 52.3 Å². The molecule has 2 aromatic carbocycles. The molecule has 2 aliphatic heterocycles. The smallest absolute Gasteiger partial charge is 0.322 e. The number of benzene rings is 2. The van der Waals surface area contributed by atoms with Crippen molar-refractivity contribution in [3.05, 3.63) is 53.6 Å². The molecule has 2 heterocycles. The molecule has 2 N–H and O–H groups in total. The Morgan fingerprint density at radius 2 is 1.62 bits per heavy atom. The fraction of sp³-hybridized carbons (Fsp3) is 0.273. The number of carbonyl (C=O) groups is 4. The van der Waals surface area contributed by atoms with Crippen LogP contribution < -0.4 is 15.5 Å². The highest BCUT2D eigenvalue weighted by atomic mass is 35.5. The number of amides is 4. The summed E-state index contributed by atoms with van der Waals surface area (Å²) >= 11 is 5.85. The van der Waals surface area contributed by atoms with Crippen molar-refractivity contribution in [3.63, 3.8) is 0 Å². The van der Waals surface area contributed by atoms with Crippen LogP contribution in [0.2, 0.25) is 5.02 Å². The van der Waals surface area contributed by atoms with E-state index >= 15 is 0 Å². The summed E-state index contributed by atoms with van der Waals surface area (Å²) in [6, 6.07) is 11.9. The van der Waals surface area contributed by atoms with Gasteiger partial charge in [-0.2, -0.15) is 0 Å². The second kappa shape index (κ2) is 9.37. The number of likely N-dealkylation sites (tertiary alicyclic amines) is 1. The SMILES string of the molecule is O=C1CC(C(=O)Nc2ccc(N3CCOCC3=O)cc2)N(C(=O)Nc2ccc(Cl)cc2)C1. The first-order valence-electron chi connectivity index (χ1n) is 10.0. The lowest BCUT2D eigenvalue weighted by Gasteiger charge is -2.27. The zero-order valence-electron chi connectivity index (χ0n) is 17.0. The zero-order valence-corrected chi connectivity index (χ0v) is 17.8. The average molecular weight is 457 g/mol. The number of halogens is 1. The standard InChI is InChI=1S/C22H21ClN4O5/c23-14-1-3-16(4-2-14)25-22(31)27-12-18(28)11-19(27)21(30)24-15-5-7-17(8-6-15)26-9-10-32-13-20(26)29/h1-8,19H,9-13H2,(H,24,30)(H,25,31). The number of carbonyl (C=O) groups excluding carboxylic acids is 4. The normalized spacial score (nSPS) is 18.6. The number of anilines is 3. The Bertz CT molecular complexity index is 1040. The Morgan fingerprint density at radius 3 is 2.31 bits per heavy atom. The highest BCUT2D eigenvalue weighted by Crippen LogP contribution is 2.22. The number of Topliss-reactive ketones (excluding diaryl/α,β-unsaturated/α-hetero) is 1. The lowest BCUT2D eigenvalue weighted by molar-refractivity contribution is -0.125. The molecule has 1 unspecified atom stereocenters. The van der Waals surface area contributed by atoms with Crippen molar-refractivity contribution in [2.75, 3.05) is 41.8 Å². The minimum Gasteiger partial charge on any atom is -0.370 e. The van der Waals surface area contributed by atoms with E-state index in [9.17, 15) is 19.2 Å². The highest BCUT2D eigenvalue weighted by molar-refractivity contribution is 6.30. The Hall–Kier alpha value is -3.43. The van der Waals surface area contributed by atoms with Crippen LogP contribution in [0.5, 0.6) is 0 Å². The summed E-state index contributed by atoms with van der Waals surface area (Å²) in [6.07, 6.45) is -0.0553. The number of ketones is 1. The van der Waals surface area contributed by atoms with Crippen LogP contribution in [-0.4, -0.2) is 60.9 Å². The predicted octanol–water partition coefficient (Wildman–Crippen LogP) is 2.52. The minimum atomic E-state index is -0.921. The van der Waals surface area contributed by atoms with E-state index in [1.807, 2.05) is 0 Å². The topological polar surface area (TPSA) is 108 Å². The molecule has 0 aliphatic carbocycles. The third-order valence-corrected chi connectivity index (χ3v) is 5.49. The van der Waals surface area contributed by atoms with Crippen molar-refractivity contribution in [1.29, 1.82) is 0 Å². The van der Waals surface area contributed by atoms with Crippen LogP contribution in [0.4, 0.5) is 21.9 Å². The molecular formula is C22H21ClN4O5. The van der Waals surface area contributed by atoms with Crippen molar-refractivity contribution < 1.29 is 23.9 Å². The molecule has 2 aliphatic rings. The van der Waals surface area contributed by atoms with E-state index in [1.165, 1.54) is 4.90 Å². The van der Waals surface area contributed by atoms with E-state index in [2.05, 4.69) is 10.6 Å². The van der Waals surface area contributed by atoms with Gasteiger partial charge < -0.3 is 25.2 Å². The van der Waals surface area contributed by atoms with Gasteiger partial charge in [-0.05, 0) is 48.5 Å². The van der Waals surface area contributed by atoms with Crippen LogP contribution in [0, 0.1) is 0 Å². The molecule has 10 heteroatoms. The van der Waals surface area contributed by atoms with Gasteiger partial charge in [0.2, 0.25) is 5.91 Å². The molecule has 0 radical (unpaired) electrons. The fourth-order valence-corrected chi connectivity index (χ4v) is 3.73. The molecular weight excluding hydrogens is 436 g/mol. The zero-order chi connectivity index (χ0) is 22.7. The van der Waals surface area contributed by atoms with E-state index in [0.29, 0.717) is 35.2 Å². The van der Waals surface area contributed by atoms with E-state index in [1.54, 1.807) is 53.4 Å². The number of hydrogen-bond donors (Lipinski definition) is 2. The molecule has 2 fully saturated rings. The first kappa shape index (κ1) is 21.8. The second-order valence-corrected chi connectivity index (χ2v) is 7.89. The Balaban J connectivity index is 1.41. The lowest BCUT2D eigenvalue weighted by atomic mass is 10.2. The third kappa shape index (κ3) is 4.90. The van der Waals surface area contributed by atoms with Crippen LogP contribution in [-0.2, 0) is 19.1 Å². The number of nitrogens with zero attached hydrogens (tertiary/aromatic N) is 2. The molecule has 0 saturated carbocycles. The number of urea groups is 1. The summed E-state index contributed by atoms with van der Waals surface area (Å²) in [5.74, 6) is -0.783. The minimum absolute atomic E-state index is 0.0438. The van der Waals surface area contributed by atoms with Crippen LogP contribution in [0.1, 0.15) is 6.42 Å². The molecule has 9 nitrogen and oxygen atoms in total. The maximum absolute atomic E-state index is 12.8. The summed E-state index contributed by atoms with van der Waals surface area (Å²) in [5, 5.41) is 5.95. The van der Waals surface area contributed by atoms with Gasteiger partial charge in [-0.3, -0.25) is 14.4 Å². The molecule has 0 spiro atoms. The maximum atomic E-state index is 12.8. The molecule has 1 atom stereocenters. The monoisotopic (exact) mass is 456 g/mol. The van der Waals surface area contributed by atoms with Gasteiger partial charge in [-0.15, -0.1) is 0 Å². The molecule has 32 heavy (non-hydrogen) atoms. The lowest BCUT2D eigenvalue weighted by Crippen LogP contribution is -2.45. The second-order valence-electron chi connectivity index (χ2n) is 7.46. The summed E-state index contributed by atoms with van der Waals surface area (Å²) < 4.78 is 5.13. The number of nitrogens with one attached hydrogen (secondary N) is 2. The third-order valence-electron chi connectivity index (χ3n) is 5.24. The Morgan fingerprint density at radius 1 is 0.969 bits per heavy atom. The predicted molar refractivity (Wildman–Crippen MR) is 119 cm³/mol. The largest absolute Gasteiger partial charge is 0.370 e. The highest BCUT2D eigenvalue weighted by Gasteiger charge is 2.39. The number of morpholine rings is 1. The maximum Gasteiger partial charge on any atom is 0.322 e. The van der Waals surface area contributed by atoms with Gasteiger partial charge in [0.25, 0.3) is 5.91 Å². The Labute approximate surface area is 189 Å². The number of rotatable bonds is 4. The van der Waals surface area contributed by atoms with Gasteiger partial charge in [0, 0.05) is 35.1 Å². The van der Waals surface area contributed by atoms with Crippen LogP contribution in [0.15, 0.2) is 48.5 Å². The summed E-state index contributed by atoms with van der Waals surface area (Å²) in [4.78, 5) is 52.3. The van der Waals surface area contributed by atoms with Gasteiger partial charge in [0.05, 0.1) is 13.2 Å². The van der Waals surface area contributed by atoms with E-state index < -0.39 is 18.0 Å². The average Bonchev–Trinajstić information content (AvgIpc) is 3.18. The first-order valence-corrected chi connectivity index (χ1v) is 10.4. The quantitative estimate of drug-likeness (QED) is 0.735. The summed E-state index contributed by atoms with van der Waals surface area (Å²) in [7, 11) is 0. The van der Waals surface area contributed by atoms with Crippen LogP contribution >= 0.6 is 11.6 Å². The molecule has 0 aromatic heterocycles. The van der Waals surface area contributed by atoms with Gasteiger partial charge in [-0.25, -0.2) is 4.79 Å². The number of hydrogen-bond acceptors (Lipinski definition) is 5. The Kier molecular flexibility index (Phi) is 6.38. The van der Waals surface area contributed by atoms with Crippen molar-refractivity contribution in [2.45, 2.75) is 12.5 Å². The molecule has 166 valence electrons. The van der Waals surface area contributed by atoms with E-state index in [-0.39, 0.29) is 31.3 Å². The first-order chi connectivity index (χ1) is 15.4. The molecule has 4 amide bonds. The van der Waals surface area contributed by atoms with Gasteiger partial charge in [0.15, 0.2) is 5.78 Å². The van der Waals surface area contributed by atoms with Crippen molar-refractivity contribution in [3.8, 4) is 0 Å². The molecule has 0 bridgehead atoms. The van der Waals surface area contributed by atoms with Gasteiger partial charge in [-0.1, -0.05) is 11.6 Å².